The Balaban J connectivity index is 0.00000131. The molecule has 0 saturated carbocycles. The lowest BCUT2D eigenvalue weighted by molar-refractivity contribution is 0.0941. The molecule has 3 aromatic heterocycles. The highest BCUT2D eigenvalue weighted by Gasteiger charge is 2.22. The summed E-state index contributed by atoms with van der Waals surface area (Å²) >= 11 is 1.62. The Kier molecular flexibility index (Phi) is 7.22. The largest absolute Gasteiger partial charge is 0.348 e. The third-order valence-corrected chi connectivity index (χ3v) is 5.36. The van der Waals surface area contributed by atoms with Crippen molar-refractivity contribution in [2.24, 2.45) is 0 Å². The Morgan fingerprint density at radius 3 is 2.85 bits per heavy atom. The Bertz CT molecular complexity index is 904. The number of halogens is 2. The molecular weight excluding hydrogens is 405 g/mol. The average molecular weight is 428 g/mol. The van der Waals surface area contributed by atoms with E-state index < -0.39 is 0 Å². The predicted molar refractivity (Wildman–Crippen MR) is 114 cm³/mol. The molecule has 146 valence electrons. The van der Waals surface area contributed by atoms with Crippen molar-refractivity contribution in [2.75, 3.05) is 13.1 Å². The minimum atomic E-state index is -0.0535. The minimum absolute atomic E-state index is 0. The Morgan fingerprint density at radius 1 is 1.41 bits per heavy atom. The number of fused-ring (bicyclic) bond motifs is 1. The van der Waals surface area contributed by atoms with E-state index in [1.165, 1.54) is 0 Å². The monoisotopic (exact) mass is 427 g/mol. The molecule has 9 heteroatoms. The summed E-state index contributed by atoms with van der Waals surface area (Å²) in [5.41, 5.74) is 2.22. The van der Waals surface area contributed by atoms with Crippen molar-refractivity contribution >= 4 is 53.1 Å². The van der Waals surface area contributed by atoms with Gasteiger partial charge in [-0.05, 0) is 44.3 Å². The van der Waals surface area contributed by atoms with Gasteiger partial charge in [-0.1, -0.05) is 6.07 Å². The average Bonchev–Trinajstić information content (AvgIpc) is 3.34. The third-order valence-electron chi connectivity index (χ3n) is 4.47. The first kappa shape index (κ1) is 21.6. The van der Waals surface area contributed by atoms with Gasteiger partial charge >= 0.3 is 0 Å². The van der Waals surface area contributed by atoms with Gasteiger partial charge in [-0.25, -0.2) is 9.67 Å². The van der Waals surface area contributed by atoms with Gasteiger partial charge in [0.2, 0.25) is 0 Å². The quantitative estimate of drug-likeness (QED) is 0.665. The predicted octanol–water partition coefficient (Wildman–Crippen LogP) is 3.68. The zero-order chi connectivity index (χ0) is 17.4. The van der Waals surface area contributed by atoms with E-state index in [9.17, 15) is 4.79 Å². The summed E-state index contributed by atoms with van der Waals surface area (Å²) in [5.74, 6) is -0.0535. The highest BCUT2D eigenvalue weighted by atomic mass is 35.5. The van der Waals surface area contributed by atoms with E-state index in [0.29, 0.717) is 5.56 Å². The van der Waals surface area contributed by atoms with E-state index in [1.54, 1.807) is 17.5 Å². The molecule has 4 heterocycles. The van der Waals surface area contributed by atoms with Gasteiger partial charge in [-0.2, -0.15) is 5.10 Å². The third kappa shape index (κ3) is 4.27. The normalized spacial score (nSPS) is 16.2. The van der Waals surface area contributed by atoms with Crippen LogP contribution < -0.4 is 10.6 Å². The second-order valence-corrected chi connectivity index (χ2v) is 7.56. The first-order valence-corrected chi connectivity index (χ1v) is 9.45. The summed E-state index contributed by atoms with van der Waals surface area (Å²) in [7, 11) is 0. The zero-order valence-electron chi connectivity index (χ0n) is 15.1. The number of thiophene rings is 1. The summed E-state index contributed by atoms with van der Waals surface area (Å²) in [5, 5.41) is 13.7. The number of hydrogen-bond acceptors (Lipinski definition) is 5. The number of hydrogen-bond donors (Lipinski definition) is 2. The van der Waals surface area contributed by atoms with E-state index in [-0.39, 0.29) is 42.8 Å². The van der Waals surface area contributed by atoms with E-state index >= 15 is 0 Å². The first-order valence-electron chi connectivity index (χ1n) is 8.57. The first-order chi connectivity index (χ1) is 12.1. The van der Waals surface area contributed by atoms with Crippen LogP contribution in [0.3, 0.4) is 0 Å². The molecule has 4 rings (SSSR count). The minimum Gasteiger partial charge on any atom is -0.348 e. The second kappa shape index (κ2) is 9.01. The van der Waals surface area contributed by atoms with E-state index in [2.05, 4.69) is 29.6 Å². The Morgan fingerprint density at radius 2 is 2.22 bits per heavy atom. The maximum Gasteiger partial charge on any atom is 0.252 e. The van der Waals surface area contributed by atoms with Gasteiger partial charge in [0.1, 0.15) is 0 Å². The fourth-order valence-corrected chi connectivity index (χ4v) is 3.86. The van der Waals surface area contributed by atoms with Crippen LogP contribution in [0.5, 0.6) is 0 Å². The fourth-order valence-electron chi connectivity index (χ4n) is 3.18. The standard InChI is InChI=1S/C18H21N5OS.2ClH/c1-11(2)23-17-14(10-20-23)13(18(24)21-12-5-6-19-9-12)8-15(22-17)16-4-3-7-25-16;;/h3-4,7-8,10-12,19H,5-6,9H2,1-2H3,(H,21,24);2*1H. The summed E-state index contributed by atoms with van der Waals surface area (Å²) in [6.45, 7) is 5.90. The molecule has 0 radical (unpaired) electrons. The fraction of sp³-hybridized carbons (Fsp3) is 0.389. The van der Waals surface area contributed by atoms with Crippen LogP contribution in [0.1, 0.15) is 36.7 Å². The van der Waals surface area contributed by atoms with Crippen molar-refractivity contribution in [3.63, 3.8) is 0 Å². The van der Waals surface area contributed by atoms with Crippen molar-refractivity contribution in [2.45, 2.75) is 32.4 Å². The molecule has 1 fully saturated rings. The van der Waals surface area contributed by atoms with Crippen molar-refractivity contribution < 1.29 is 4.79 Å². The van der Waals surface area contributed by atoms with Gasteiger partial charge in [0.05, 0.1) is 27.7 Å². The molecular formula is C18H23Cl2N5OS. The van der Waals surface area contributed by atoms with Gasteiger partial charge in [0, 0.05) is 18.6 Å². The molecule has 1 aliphatic rings. The molecule has 1 unspecified atom stereocenters. The SMILES string of the molecule is CC(C)n1ncc2c(C(=O)NC3CCNC3)cc(-c3cccs3)nc21.Cl.Cl. The van der Waals surface area contributed by atoms with Crippen LogP contribution in [0.4, 0.5) is 0 Å². The number of aromatic nitrogens is 3. The number of pyridine rings is 1. The van der Waals surface area contributed by atoms with Crippen molar-refractivity contribution in [3.05, 3.63) is 35.3 Å². The maximum atomic E-state index is 12.9. The zero-order valence-corrected chi connectivity index (χ0v) is 17.6. The van der Waals surface area contributed by atoms with Crippen LogP contribution in [-0.4, -0.2) is 39.8 Å². The number of nitrogens with one attached hydrogen (secondary N) is 2. The number of amides is 1. The maximum absolute atomic E-state index is 12.9. The molecule has 2 N–H and O–H groups in total. The molecule has 3 aromatic rings. The van der Waals surface area contributed by atoms with E-state index in [1.807, 2.05) is 28.3 Å². The van der Waals surface area contributed by atoms with Crippen LogP contribution in [0.25, 0.3) is 21.6 Å². The van der Waals surface area contributed by atoms with Crippen LogP contribution in [0, 0.1) is 0 Å². The molecule has 1 saturated heterocycles. The molecule has 0 aromatic carbocycles. The summed E-state index contributed by atoms with van der Waals surface area (Å²) < 4.78 is 1.88. The van der Waals surface area contributed by atoms with Crippen LogP contribution >= 0.6 is 36.2 Å². The molecule has 1 atom stereocenters. The van der Waals surface area contributed by atoms with Crippen molar-refractivity contribution in [1.29, 1.82) is 0 Å². The Labute approximate surface area is 174 Å². The smallest absolute Gasteiger partial charge is 0.252 e. The lowest BCUT2D eigenvalue weighted by Gasteiger charge is -2.13. The highest BCUT2D eigenvalue weighted by Crippen LogP contribution is 2.29. The molecule has 6 nitrogen and oxygen atoms in total. The number of rotatable bonds is 4. The van der Waals surface area contributed by atoms with Gasteiger partial charge in [-0.15, -0.1) is 36.2 Å². The summed E-state index contributed by atoms with van der Waals surface area (Å²) in [4.78, 5) is 18.8. The van der Waals surface area contributed by atoms with Crippen LogP contribution in [-0.2, 0) is 0 Å². The Hall–Kier alpha value is -1.67. The molecule has 1 amide bonds. The molecule has 0 aliphatic carbocycles. The lowest BCUT2D eigenvalue weighted by Crippen LogP contribution is -2.36. The van der Waals surface area contributed by atoms with Crippen molar-refractivity contribution in [3.8, 4) is 10.6 Å². The molecule has 0 spiro atoms. The highest BCUT2D eigenvalue weighted by molar-refractivity contribution is 7.13. The number of carbonyl (C=O) groups excluding carboxylic acids is 1. The van der Waals surface area contributed by atoms with Gasteiger partial charge < -0.3 is 10.6 Å². The summed E-state index contributed by atoms with van der Waals surface area (Å²) in [6.07, 6.45) is 2.71. The topological polar surface area (TPSA) is 71.8 Å². The van der Waals surface area contributed by atoms with E-state index in [0.717, 1.165) is 41.1 Å². The summed E-state index contributed by atoms with van der Waals surface area (Å²) in [6, 6.07) is 6.27. The number of carbonyl (C=O) groups is 1. The van der Waals surface area contributed by atoms with Gasteiger partial charge in [0.25, 0.3) is 5.91 Å². The van der Waals surface area contributed by atoms with Crippen LogP contribution in [0.15, 0.2) is 29.8 Å². The molecule has 27 heavy (non-hydrogen) atoms. The molecule has 0 bridgehead atoms. The van der Waals surface area contributed by atoms with Crippen molar-refractivity contribution in [1.82, 2.24) is 25.4 Å². The van der Waals surface area contributed by atoms with Gasteiger partial charge in [0.15, 0.2) is 5.65 Å². The second-order valence-electron chi connectivity index (χ2n) is 6.62. The van der Waals surface area contributed by atoms with Crippen LogP contribution in [0.2, 0.25) is 0 Å². The molecule has 1 aliphatic heterocycles. The number of nitrogens with zero attached hydrogens (tertiary/aromatic N) is 3. The van der Waals surface area contributed by atoms with E-state index in [4.69, 9.17) is 4.98 Å². The van der Waals surface area contributed by atoms with Gasteiger partial charge in [-0.3, -0.25) is 4.79 Å². The lowest BCUT2D eigenvalue weighted by atomic mass is 10.1.